The normalized spacial score (nSPS) is 21.3. The van der Waals surface area contributed by atoms with E-state index in [1.54, 1.807) is 0 Å². The third-order valence-corrected chi connectivity index (χ3v) is 4.51. The number of carbonyl (C=O) groups excluding carboxylic acids is 2. The second-order valence-corrected chi connectivity index (χ2v) is 7.17. The molecule has 2 saturated heterocycles. The van der Waals surface area contributed by atoms with Crippen LogP contribution in [0.1, 0.15) is 50.7 Å². The summed E-state index contributed by atoms with van der Waals surface area (Å²) in [5, 5.41) is 0. The number of cyclic esters (lactones) is 2. The summed E-state index contributed by atoms with van der Waals surface area (Å²) in [6.07, 6.45) is 6.71. The van der Waals surface area contributed by atoms with Gasteiger partial charge in [0, 0.05) is 20.4 Å². The maximum Gasteiger partial charge on any atom is 0.348 e. The molecule has 0 unspecified atom stereocenters. The second-order valence-electron chi connectivity index (χ2n) is 7.17. The summed E-state index contributed by atoms with van der Waals surface area (Å²) < 4.78 is 10.2. The minimum atomic E-state index is -1.21. The van der Waals surface area contributed by atoms with E-state index >= 15 is 0 Å². The van der Waals surface area contributed by atoms with Crippen LogP contribution in [0.2, 0.25) is 0 Å². The Labute approximate surface area is 148 Å². The standard InChI is InChI=1S/C20H25NO4/c1-20(2)24-18(22)17(19(23)25-20)13-15-7-9-16(10-8-15)14-21-11-5-3-4-6-12-21/h7-10,13H,3-6,11-12,14H2,1-2H3. The average molecular weight is 343 g/mol. The van der Waals surface area contributed by atoms with Crippen molar-refractivity contribution in [3.63, 3.8) is 0 Å². The quantitative estimate of drug-likeness (QED) is 0.479. The van der Waals surface area contributed by atoms with Crippen molar-refractivity contribution in [3.8, 4) is 0 Å². The van der Waals surface area contributed by atoms with Gasteiger partial charge < -0.3 is 9.47 Å². The molecule has 3 rings (SSSR count). The van der Waals surface area contributed by atoms with E-state index < -0.39 is 17.7 Å². The van der Waals surface area contributed by atoms with E-state index in [1.807, 2.05) is 24.3 Å². The first-order chi connectivity index (χ1) is 11.9. The SMILES string of the molecule is CC1(C)OC(=O)C(=Cc2ccc(CN3CCCCCC3)cc2)C(=O)O1. The van der Waals surface area contributed by atoms with Gasteiger partial charge in [-0.1, -0.05) is 37.1 Å². The van der Waals surface area contributed by atoms with Gasteiger partial charge in [0.25, 0.3) is 5.79 Å². The Morgan fingerprint density at radius 3 is 2.08 bits per heavy atom. The molecule has 2 aliphatic rings. The summed E-state index contributed by atoms with van der Waals surface area (Å²) in [6.45, 7) is 6.32. The number of carbonyl (C=O) groups is 2. The van der Waals surface area contributed by atoms with E-state index in [0.717, 1.165) is 25.2 Å². The molecule has 5 nitrogen and oxygen atoms in total. The maximum atomic E-state index is 12.0. The lowest BCUT2D eigenvalue weighted by Crippen LogP contribution is -2.41. The molecule has 5 heteroatoms. The Bertz CT molecular complexity index is 645. The van der Waals surface area contributed by atoms with Gasteiger partial charge in [0.15, 0.2) is 0 Å². The molecule has 2 fully saturated rings. The Morgan fingerprint density at radius 1 is 0.960 bits per heavy atom. The highest BCUT2D eigenvalue weighted by Gasteiger charge is 2.38. The molecule has 1 aromatic rings. The minimum absolute atomic E-state index is 0.0698. The van der Waals surface area contributed by atoms with E-state index in [1.165, 1.54) is 51.2 Å². The van der Waals surface area contributed by atoms with Crippen molar-refractivity contribution in [2.45, 2.75) is 51.9 Å². The summed E-state index contributed by atoms with van der Waals surface area (Å²) in [4.78, 5) is 26.5. The van der Waals surface area contributed by atoms with Gasteiger partial charge in [-0.05, 0) is 43.1 Å². The monoisotopic (exact) mass is 343 g/mol. The van der Waals surface area contributed by atoms with E-state index in [-0.39, 0.29) is 5.57 Å². The predicted octanol–water partition coefficient (Wildman–Crippen LogP) is 3.28. The molecular weight excluding hydrogens is 318 g/mol. The first-order valence-corrected chi connectivity index (χ1v) is 8.93. The van der Waals surface area contributed by atoms with Crippen molar-refractivity contribution in [1.29, 1.82) is 0 Å². The van der Waals surface area contributed by atoms with E-state index in [0.29, 0.717) is 0 Å². The van der Waals surface area contributed by atoms with E-state index in [9.17, 15) is 9.59 Å². The van der Waals surface area contributed by atoms with Gasteiger partial charge in [0.05, 0.1) is 0 Å². The summed E-state index contributed by atoms with van der Waals surface area (Å²) >= 11 is 0. The molecule has 0 N–H and O–H groups in total. The number of esters is 2. The highest BCUT2D eigenvalue weighted by molar-refractivity contribution is 6.18. The molecule has 2 heterocycles. The van der Waals surface area contributed by atoms with Crippen LogP contribution in [0.5, 0.6) is 0 Å². The van der Waals surface area contributed by atoms with Crippen molar-refractivity contribution >= 4 is 18.0 Å². The van der Waals surface area contributed by atoms with Gasteiger partial charge in [-0.15, -0.1) is 0 Å². The molecular formula is C20H25NO4. The molecule has 0 radical (unpaired) electrons. The minimum Gasteiger partial charge on any atom is -0.419 e. The van der Waals surface area contributed by atoms with Crippen LogP contribution in [-0.2, 0) is 25.6 Å². The van der Waals surface area contributed by atoms with Crippen LogP contribution in [0.4, 0.5) is 0 Å². The van der Waals surface area contributed by atoms with Gasteiger partial charge in [0.1, 0.15) is 5.57 Å². The zero-order chi connectivity index (χ0) is 17.9. The largest absolute Gasteiger partial charge is 0.419 e. The number of likely N-dealkylation sites (tertiary alicyclic amines) is 1. The van der Waals surface area contributed by atoms with Gasteiger partial charge in [-0.3, -0.25) is 4.90 Å². The maximum absolute atomic E-state index is 12.0. The van der Waals surface area contributed by atoms with E-state index in [4.69, 9.17) is 9.47 Å². The lowest BCUT2D eigenvalue weighted by atomic mass is 10.1. The third kappa shape index (κ3) is 4.69. The Hall–Kier alpha value is -2.14. The fourth-order valence-electron chi connectivity index (χ4n) is 3.22. The summed E-state index contributed by atoms with van der Waals surface area (Å²) in [5.74, 6) is -2.49. The highest BCUT2D eigenvalue weighted by atomic mass is 16.7. The van der Waals surface area contributed by atoms with Crippen molar-refractivity contribution in [1.82, 2.24) is 4.90 Å². The molecule has 0 atom stereocenters. The van der Waals surface area contributed by atoms with Crippen LogP contribution < -0.4 is 0 Å². The van der Waals surface area contributed by atoms with Gasteiger partial charge in [-0.2, -0.15) is 0 Å². The average Bonchev–Trinajstić information content (AvgIpc) is 2.80. The van der Waals surface area contributed by atoms with Crippen molar-refractivity contribution in [2.75, 3.05) is 13.1 Å². The summed E-state index contributed by atoms with van der Waals surface area (Å²) in [5.41, 5.74) is 1.95. The Morgan fingerprint density at radius 2 is 1.52 bits per heavy atom. The lowest BCUT2D eigenvalue weighted by molar-refractivity contribution is -0.222. The molecule has 25 heavy (non-hydrogen) atoms. The van der Waals surface area contributed by atoms with E-state index in [2.05, 4.69) is 4.90 Å². The van der Waals surface area contributed by atoms with Gasteiger partial charge >= 0.3 is 11.9 Å². The highest BCUT2D eigenvalue weighted by Crippen LogP contribution is 2.24. The molecule has 0 amide bonds. The number of rotatable bonds is 3. The summed E-state index contributed by atoms with van der Waals surface area (Å²) in [7, 11) is 0. The zero-order valence-electron chi connectivity index (χ0n) is 14.9. The number of ether oxygens (including phenoxy) is 2. The molecule has 1 aromatic carbocycles. The molecule has 134 valence electrons. The second kappa shape index (κ2) is 7.40. The number of benzene rings is 1. The predicted molar refractivity (Wildman–Crippen MR) is 94.4 cm³/mol. The summed E-state index contributed by atoms with van der Waals surface area (Å²) in [6, 6.07) is 7.92. The van der Waals surface area contributed by atoms with Gasteiger partial charge in [0.2, 0.25) is 0 Å². The van der Waals surface area contributed by atoms with Crippen LogP contribution in [0, 0.1) is 0 Å². The molecule has 0 aromatic heterocycles. The first kappa shape index (κ1) is 17.7. The fourth-order valence-corrected chi connectivity index (χ4v) is 3.22. The molecule has 0 spiro atoms. The van der Waals surface area contributed by atoms with Crippen LogP contribution in [0.25, 0.3) is 6.08 Å². The lowest BCUT2D eigenvalue weighted by Gasteiger charge is -2.29. The molecule has 0 bridgehead atoms. The van der Waals surface area contributed by atoms with Crippen LogP contribution in [0.15, 0.2) is 29.8 Å². The Kier molecular flexibility index (Phi) is 5.23. The van der Waals surface area contributed by atoms with Crippen LogP contribution in [-0.4, -0.2) is 35.7 Å². The van der Waals surface area contributed by atoms with Crippen molar-refractivity contribution in [3.05, 3.63) is 41.0 Å². The smallest absolute Gasteiger partial charge is 0.348 e. The molecule has 0 saturated carbocycles. The zero-order valence-corrected chi connectivity index (χ0v) is 14.9. The van der Waals surface area contributed by atoms with Crippen molar-refractivity contribution in [2.24, 2.45) is 0 Å². The Balaban J connectivity index is 1.68. The van der Waals surface area contributed by atoms with Crippen LogP contribution in [0.3, 0.4) is 0 Å². The number of hydrogen-bond donors (Lipinski definition) is 0. The van der Waals surface area contributed by atoms with Crippen molar-refractivity contribution < 1.29 is 19.1 Å². The molecule has 2 aliphatic heterocycles. The van der Waals surface area contributed by atoms with Crippen LogP contribution >= 0.6 is 0 Å². The number of nitrogens with zero attached hydrogens (tertiary/aromatic N) is 1. The fraction of sp³-hybridized carbons (Fsp3) is 0.500. The van der Waals surface area contributed by atoms with Gasteiger partial charge in [-0.25, -0.2) is 9.59 Å². The third-order valence-electron chi connectivity index (χ3n) is 4.51. The number of hydrogen-bond acceptors (Lipinski definition) is 5. The molecule has 0 aliphatic carbocycles. The first-order valence-electron chi connectivity index (χ1n) is 8.93. The topological polar surface area (TPSA) is 55.8 Å².